The van der Waals surface area contributed by atoms with Crippen molar-refractivity contribution in [1.82, 2.24) is 15.2 Å². The number of nitrogens with one attached hydrogen (secondary N) is 1. The molecule has 1 heterocycles. The number of likely N-dealkylation sites (N-methyl/N-ethyl adjacent to an activating group) is 1. The molecular weight excluding hydrogens is 296 g/mol. The van der Waals surface area contributed by atoms with E-state index in [9.17, 15) is 4.79 Å². The summed E-state index contributed by atoms with van der Waals surface area (Å²) in [6.45, 7) is 2.82. The van der Waals surface area contributed by atoms with Crippen LogP contribution >= 0.6 is 11.3 Å². The van der Waals surface area contributed by atoms with Crippen molar-refractivity contribution in [3.05, 3.63) is 52.0 Å². The van der Waals surface area contributed by atoms with E-state index in [1.807, 2.05) is 25.2 Å². The number of aromatic nitrogens is 1. The second-order valence-corrected chi connectivity index (χ2v) is 6.09. The van der Waals surface area contributed by atoms with Gasteiger partial charge in [-0.1, -0.05) is 30.3 Å². The molecule has 2 rings (SSSR count). The molecule has 0 atom stereocenters. The number of carbonyl (C=O) groups is 1. The molecule has 0 aliphatic heterocycles. The van der Waals surface area contributed by atoms with Crippen molar-refractivity contribution in [3.63, 3.8) is 0 Å². The Bertz CT molecular complexity index is 585. The van der Waals surface area contributed by atoms with E-state index in [1.54, 1.807) is 5.38 Å². The molecular formula is C16H22N4OS. The summed E-state index contributed by atoms with van der Waals surface area (Å²) >= 11 is 1.48. The van der Waals surface area contributed by atoms with Crippen LogP contribution < -0.4 is 11.1 Å². The standard InChI is InChI=1S/C16H22N4OS/c1-20(11-13-5-3-2-4-6-13)10-9-18-16(21)14-12-22-15(19-14)7-8-17/h2-6,12H,7-11,17H2,1H3,(H,18,21). The highest BCUT2D eigenvalue weighted by molar-refractivity contribution is 7.09. The van der Waals surface area contributed by atoms with Crippen molar-refractivity contribution in [2.24, 2.45) is 5.73 Å². The summed E-state index contributed by atoms with van der Waals surface area (Å²) in [6.07, 6.45) is 0.720. The second kappa shape index (κ2) is 8.63. The topological polar surface area (TPSA) is 71.2 Å². The molecule has 0 fully saturated rings. The van der Waals surface area contributed by atoms with Gasteiger partial charge in [0, 0.05) is 31.4 Å². The van der Waals surface area contributed by atoms with E-state index >= 15 is 0 Å². The van der Waals surface area contributed by atoms with E-state index in [-0.39, 0.29) is 5.91 Å². The number of nitrogens with zero attached hydrogens (tertiary/aromatic N) is 2. The first-order chi connectivity index (χ1) is 10.7. The average Bonchev–Trinajstić information content (AvgIpc) is 2.97. The molecule has 0 radical (unpaired) electrons. The summed E-state index contributed by atoms with van der Waals surface area (Å²) in [6, 6.07) is 10.3. The Morgan fingerprint density at radius 3 is 2.86 bits per heavy atom. The first-order valence-electron chi connectivity index (χ1n) is 7.34. The van der Waals surface area contributed by atoms with Gasteiger partial charge >= 0.3 is 0 Å². The molecule has 0 aliphatic rings. The van der Waals surface area contributed by atoms with Gasteiger partial charge in [-0.3, -0.25) is 4.79 Å². The van der Waals surface area contributed by atoms with Crippen LogP contribution in [0.1, 0.15) is 21.1 Å². The molecule has 0 spiro atoms. The van der Waals surface area contributed by atoms with Gasteiger partial charge in [0.25, 0.3) is 5.91 Å². The molecule has 1 aromatic heterocycles. The summed E-state index contributed by atoms with van der Waals surface area (Å²) in [4.78, 5) is 18.4. The number of thiazole rings is 1. The van der Waals surface area contributed by atoms with Gasteiger partial charge in [-0.15, -0.1) is 11.3 Å². The predicted octanol–water partition coefficient (Wildman–Crippen LogP) is 1.51. The molecule has 6 heteroatoms. The molecule has 0 bridgehead atoms. The quantitative estimate of drug-likeness (QED) is 0.774. The number of rotatable bonds is 8. The largest absolute Gasteiger partial charge is 0.349 e. The normalized spacial score (nSPS) is 10.9. The number of amides is 1. The van der Waals surface area contributed by atoms with Crippen LogP contribution in [0, 0.1) is 0 Å². The number of hydrogen-bond acceptors (Lipinski definition) is 5. The minimum Gasteiger partial charge on any atom is -0.349 e. The molecule has 2 aromatic rings. The smallest absolute Gasteiger partial charge is 0.270 e. The van der Waals surface area contributed by atoms with Gasteiger partial charge in [-0.25, -0.2) is 4.98 Å². The van der Waals surface area contributed by atoms with Crippen molar-refractivity contribution in [2.75, 3.05) is 26.7 Å². The summed E-state index contributed by atoms with van der Waals surface area (Å²) in [5.41, 5.74) is 7.23. The van der Waals surface area contributed by atoms with E-state index in [0.717, 1.165) is 24.5 Å². The monoisotopic (exact) mass is 318 g/mol. The van der Waals surface area contributed by atoms with E-state index < -0.39 is 0 Å². The molecule has 22 heavy (non-hydrogen) atoms. The van der Waals surface area contributed by atoms with Gasteiger partial charge in [0.2, 0.25) is 0 Å². The number of benzene rings is 1. The van der Waals surface area contributed by atoms with Gasteiger partial charge in [-0.05, 0) is 19.2 Å². The minimum absolute atomic E-state index is 0.118. The Labute approximate surface area is 135 Å². The maximum absolute atomic E-state index is 12.0. The van der Waals surface area contributed by atoms with Gasteiger partial charge < -0.3 is 16.0 Å². The number of hydrogen-bond donors (Lipinski definition) is 2. The van der Waals surface area contributed by atoms with Gasteiger partial charge in [0.15, 0.2) is 0 Å². The SMILES string of the molecule is CN(CCNC(=O)c1csc(CCN)n1)Cc1ccccc1. The Morgan fingerprint density at radius 1 is 1.36 bits per heavy atom. The molecule has 0 aliphatic carbocycles. The van der Waals surface area contributed by atoms with E-state index in [0.29, 0.717) is 18.8 Å². The van der Waals surface area contributed by atoms with Gasteiger partial charge in [0.05, 0.1) is 5.01 Å². The van der Waals surface area contributed by atoms with Crippen molar-refractivity contribution in [3.8, 4) is 0 Å². The Balaban J connectivity index is 1.72. The van der Waals surface area contributed by atoms with Crippen LogP contribution in [0.5, 0.6) is 0 Å². The predicted molar refractivity (Wildman–Crippen MR) is 90.0 cm³/mol. The Morgan fingerprint density at radius 2 is 2.14 bits per heavy atom. The lowest BCUT2D eigenvalue weighted by Gasteiger charge is -2.16. The number of carbonyl (C=O) groups excluding carboxylic acids is 1. The van der Waals surface area contributed by atoms with E-state index in [2.05, 4.69) is 27.3 Å². The minimum atomic E-state index is -0.118. The van der Waals surface area contributed by atoms with E-state index in [1.165, 1.54) is 16.9 Å². The Kier molecular flexibility index (Phi) is 6.51. The lowest BCUT2D eigenvalue weighted by molar-refractivity contribution is 0.0945. The maximum Gasteiger partial charge on any atom is 0.270 e. The molecule has 0 unspecified atom stereocenters. The van der Waals surface area contributed by atoms with Crippen LogP contribution in [-0.4, -0.2) is 42.5 Å². The van der Waals surface area contributed by atoms with Crippen LogP contribution in [-0.2, 0) is 13.0 Å². The lowest BCUT2D eigenvalue weighted by atomic mass is 10.2. The average molecular weight is 318 g/mol. The van der Waals surface area contributed by atoms with Crippen LogP contribution in [0.25, 0.3) is 0 Å². The molecule has 0 saturated carbocycles. The summed E-state index contributed by atoms with van der Waals surface area (Å²) in [5.74, 6) is -0.118. The van der Waals surface area contributed by atoms with Crippen LogP contribution in [0.15, 0.2) is 35.7 Å². The Hall–Kier alpha value is -1.76. The molecule has 1 amide bonds. The highest BCUT2D eigenvalue weighted by Crippen LogP contribution is 2.09. The molecule has 1 aromatic carbocycles. The van der Waals surface area contributed by atoms with Crippen LogP contribution in [0.4, 0.5) is 0 Å². The summed E-state index contributed by atoms with van der Waals surface area (Å²) < 4.78 is 0. The highest BCUT2D eigenvalue weighted by atomic mass is 32.1. The third-order valence-electron chi connectivity index (χ3n) is 3.22. The van der Waals surface area contributed by atoms with Crippen LogP contribution in [0.2, 0.25) is 0 Å². The highest BCUT2D eigenvalue weighted by Gasteiger charge is 2.10. The van der Waals surface area contributed by atoms with Crippen molar-refractivity contribution >= 4 is 17.2 Å². The van der Waals surface area contributed by atoms with Gasteiger partial charge in [0.1, 0.15) is 5.69 Å². The zero-order chi connectivity index (χ0) is 15.8. The molecule has 118 valence electrons. The second-order valence-electron chi connectivity index (χ2n) is 5.14. The zero-order valence-electron chi connectivity index (χ0n) is 12.8. The first-order valence-corrected chi connectivity index (χ1v) is 8.22. The van der Waals surface area contributed by atoms with Crippen LogP contribution in [0.3, 0.4) is 0 Å². The fourth-order valence-corrected chi connectivity index (χ4v) is 2.87. The van der Waals surface area contributed by atoms with Crippen molar-refractivity contribution in [1.29, 1.82) is 0 Å². The third-order valence-corrected chi connectivity index (χ3v) is 4.13. The number of nitrogens with two attached hydrogens (primary N) is 1. The lowest BCUT2D eigenvalue weighted by Crippen LogP contribution is -2.32. The first kappa shape index (κ1) is 16.6. The summed E-state index contributed by atoms with van der Waals surface area (Å²) in [7, 11) is 2.04. The van der Waals surface area contributed by atoms with Crippen molar-refractivity contribution < 1.29 is 4.79 Å². The molecule has 5 nitrogen and oxygen atoms in total. The fourth-order valence-electron chi connectivity index (χ4n) is 2.08. The molecule has 0 saturated heterocycles. The van der Waals surface area contributed by atoms with Crippen molar-refractivity contribution in [2.45, 2.75) is 13.0 Å². The maximum atomic E-state index is 12.0. The third kappa shape index (κ3) is 5.22. The molecule has 3 N–H and O–H groups in total. The van der Waals surface area contributed by atoms with E-state index in [4.69, 9.17) is 5.73 Å². The zero-order valence-corrected chi connectivity index (χ0v) is 13.6. The summed E-state index contributed by atoms with van der Waals surface area (Å²) in [5, 5.41) is 5.60. The fraction of sp³-hybridized carbons (Fsp3) is 0.375. The van der Waals surface area contributed by atoms with Gasteiger partial charge in [-0.2, -0.15) is 0 Å².